The molecule has 0 saturated carbocycles. The molecule has 0 aromatic rings. The zero-order chi connectivity index (χ0) is 14.7. The van der Waals surface area contributed by atoms with E-state index >= 15 is 0 Å². The molecule has 0 spiro atoms. The number of alkyl halides is 5. The predicted octanol–water partition coefficient (Wildman–Crippen LogP) is -0.371. The van der Waals surface area contributed by atoms with Crippen molar-refractivity contribution in [3.05, 3.63) is 0 Å². The number of hydrogen-bond acceptors (Lipinski definition) is 3. The van der Waals surface area contributed by atoms with Gasteiger partial charge in [0.2, 0.25) is 5.91 Å². The van der Waals surface area contributed by atoms with Gasteiger partial charge < -0.3 is 16.2 Å². The standard InChI is InChI=1S/C7H7F5N2O4/c8-6(9,7(10,11)12)5(18)14-2(4(16)17)1-3(13)15/h2H,1H2,(H2,13,15)(H,14,18)(H,16,17)/t2-/m1/s1. The van der Waals surface area contributed by atoms with E-state index in [1.807, 2.05) is 0 Å². The molecular weight excluding hydrogens is 271 g/mol. The lowest BCUT2D eigenvalue weighted by Crippen LogP contribution is -2.55. The number of carboxylic acid groups (broad SMARTS) is 1. The van der Waals surface area contributed by atoms with E-state index in [0.29, 0.717) is 0 Å². The van der Waals surface area contributed by atoms with Gasteiger partial charge in [-0.2, -0.15) is 22.0 Å². The Labute approximate surface area is 95.9 Å². The minimum absolute atomic E-state index is 0.885. The van der Waals surface area contributed by atoms with Gasteiger partial charge in [-0.1, -0.05) is 0 Å². The number of halogens is 5. The van der Waals surface area contributed by atoms with Gasteiger partial charge in [-0.3, -0.25) is 9.59 Å². The Morgan fingerprint density at radius 2 is 1.61 bits per heavy atom. The summed E-state index contributed by atoms with van der Waals surface area (Å²) in [5, 5.41) is 9.28. The number of rotatable bonds is 5. The van der Waals surface area contributed by atoms with Crippen LogP contribution in [0.15, 0.2) is 0 Å². The molecule has 0 aliphatic carbocycles. The van der Waals surface area contributed by atoms with Crippen molar-refractivity contribution in [3.8, 4) is 0 Å². The topological polar surface area (TPSA) is 109 Å². The second kappa shape index (κ2) is 5.14. The van der Waals surface area contributed by atoms with Crippen molar-refractivity contribution in [3.63, 3.8) is 0 Å². The van der Waals surface area contributed by atoms with E-state index in [9.17, 15) is 36.3 Å². The van der Waals surface area contributed by atoms with Crippen molar-refractivity contribution in [1.29, 1.82) is 0 Å². The normalized spacial score (nSPS) is 13.8. The molecule has 11 heteroatoms. The first-order chi connectivity index (χ1) is 7.89. The number of aliphatic carboxylic acids is 1. The van der Waals surface area contributed by atoms with E-state index in [-0.39, 0.29) is 0 Å². The van der Waals surface area contributed by atoms with Crippen LogP contribution in [0.2, 0.25) is 0 Å². The molecule has 0 radical (unpaired) electrons. The number of nitrogens with one attached hydrogen (secondary N) is 1. The Morgan fingerprint density at radius 3 is 1.89 bits per heavy atom. The number of carbonyl (C=O) groups is 3. The average molecular weight is 278 g/mol. The summed E-state index contributed by atoms with van der Waals surface area (Å²) in [6, 6.07) is -2.26. The van der Waals surface area contributed by atoms with Crippen molar-refractivity contribution in [2.45, 2.75) is 24.6 Å². The fourth-order valence-electron chi connectivity index (χ4n) is 0.779. The molecule has 0 rings (SSSR count). The van der Waals surface area contributed by atoms with E-state index < -0.39 is 42.3 Å². The van der Waals surface area contributed by atoms with Gasteiger partial charge in [-0.05, 0) is 0 Å². The molecule has 6 nitrogen and oxygen atoms in total. The molecular formula is C7H7F5N2O4. The first-order valence-electron chi connectivity index (χ1n) is 4.16. The quantitative estimate of drug-likeness (QED) is 0.596. The molecule has 0 aliphatic rings. The zero-order valence-corrected chi connectivity index (χ0v) is 8.42. The van der Waals surface area contributed by atoms with E-state index in [1.54, 1.807) is 0 Å². The Balaban J connectivity index is 4.91. The highest BCUT2D eigenvalue weighted by atomic mass is 19.4. The van der Waals surface area contributed by atoms with Crippen molar-refractivity contribution >= 4 is 17.8 Å². The van der Waals surface area contributed by atoms with Crippen LogP contribution in [0, 0.1) is 0 Å². The van der Waals surface area contributed by atoms with Crippen molar-refractivity contribution in [2.75, 3.05) is 0 Å². The van der Waals surface area contributed by atoms with Crippen LogP contribution in [0.25, 0.3) is 0 Å². The Morgan fingerprint density at radius 1 is 1.17 bits per heavy atom. The summed E-state index contributed by atoms with van der Waals surface area (Å²) in [6.07, 6.45) is -7.29. The van der Waals surface area contributed by atoms with Gasteiger partial charge in [0, 0.05) is 0 Å². The highest BCUT2D eigenvalue weighted by Gasteiger charge is 2.63. The molecule has 0 aliphatic heterocycles. The lowest BCUT2D eigenvalue weighted by molar-refractivity contribution is -0.270. The third-order valence-corrected chi connectivity index (χ3v) is 1.65. The number of amides is 2. The highest BCUT2D eigenvalue weighted by molar-refractivity contribution is 5.91. The predicted molar refractivity (Wildman–Crippen MR) is 44.4 cm³/mol. The maximum absolute atomic E-state index is 12.4. The summed E-state index contributed by atoms with van der Waals surface area (Å²) in [5.74, 6) is -11.9. The van der Waals surface area contributed by atoms with Crippen LogP contribution in [0.1, 0.15) is 6.42 Å². The summed E-state index contributed by atoms with van der Waals surface area (Å²) in [7, 11) is 0. The first-order valence-corrected chi connectivity index (χ1v) is 4.16. The molecule has 0 fully saturated rings. The SMILES string of the molecule is NC(=O)C[C@@H](NC(=O)C(F)(F)C(F)(F)F)C(=O)O. The van der Waals surface area contributed by atoms with Gasteiger partial charge in [0.05, 0.1) is 6.42 Å². The number of carboxylic acids is 1. The van der Waals surface area contributed by atoms with Crippen molar-refractivity contribution in [1.82, 2.24) is 5.32 Å². The van der Waals surface area contributed by atoms with Crippen LogP contribution in [0.3, 0.4) is 0 Å². The van der Waals surface area contributed by atoms with Crippen LogP contribution >= 0.6 is 0 Å². The lowest BCUT2D eigenvalue weighted by atomic mass is 10.2. The average Bonchev–Trinajstić information content (AvgIpc) is 2.13. The maximum Gasteiger partial charge on any atom is 0.463 e. The Bertz CT molecular complexity index is 367. The fourth-order valence-corrected chi connectivity index (χ4v) is 0.779. The molecule has 2 amide bonds. The number of hydrogen-bond donors (Lipinski definition) is 3. The molecule has 0 heterocycles. The third kappa shape index (κ3) is 3.82. The summed E-state index contributed by atoms with van der Waals surface area (Å²) in [4.78, 5) is 31.3. The lowest BCUT2D eigenvalue weighted by Gasteiger charge is -2.21. The zero-order valence-electron chi connectivity index (χ0n) is 8.42. The highest BCUT2D eigenvalue weighted by Crippen LogP contribution is 2.35. The van der Waals surface area contributed by atoms with Crippen LogP contribution in [-0.2, 0) is 14.4 Å². The summed E-state index contributed by atoms with van der Waals surface area (Å²) >= 11 is 0. The van der Waals surface area contributed by atoms with E-state index in [0.717, 1.165) is 5.32 Å². The second-order valence-electron chi connectivity index (χ2n) is 3.11. The van der Waals surface area contributed by atoms with Crippen LogP contribution in [-0.4, -0.2) is 41.0 Å². The van der Waals surface area contributed by atoms with Gasteiger partial charge in [0.1, 0.15) is 6.04 Å². The largest absolute Gasteiger partial charge is 0.480 e. The summed E-state index contributed by atoms with van der Waals surface area (Å²) in [5.41, 5.74) is 4.54. The molecule has 0 aromatic carbocycles. The first kappa shape index (κ1) is 16.1. The molecule has 0 unspecified atom stereocenters. The van der Waals surface area contributed by atoms with Gasteiger partial charge in [-0.25, -0.2) is 4.79 Å². The van der Waals surface area contributed by atoms with Crippen molar-refractivity contribution in [2.24, 2.45) is 5.73 Å². The molecule has 0 saturated heterocycles. The fraction of sp³-hybridized carbons (Fsp3) is 0.571. The molecule has 104 valence electrons. The van der Waals surface area contributed by atoms with Crippen molar-refractivity contribution < 1.29 is 41.4 Å². The van der Waals surface area contributed by atoms with E-state index in [4.69, 9.17) is 5.11 Å². The number of primary amides is 1. The van der Waals surface area contributed by atoms with E-state index in [2.05, 4.69) is 5.73 Å². The molecule has 18 heavy (non-hydrogen) atoms. The summed E-state index contributed by atoms with van der Waals surface area (Å²) < 4.78 is 60.1. The van der Waals surface area contributed by atoms with Gasteiger partial charge in [-0.15, -0.1) is 0 Å². The molecule has 0 aromatic heterocycles. The van der Waals surface area contributed by atoms with Crippen LogP contribution in [0.4, 0.5) is 22.0 Å². The van der Waals surface area contributed by atoms with Gasteiger partial charge >= 0.3 is 24.0 Å². The second-order valence-corrected chi connectivity index (χ2v) is 3.11. The number of carbonyl (C=O) groups excluding carboxylic acids is 2. The maximum atomic E-state index is 12.4. The monoisotopic (exact) mass is 278 g/mol. The van der Waals surface area contributed by atoms with E-state index in [1.165, 1.54) is 0 Å². The minimum Gasteiger partial charge on any atom is -0.480 e. The smallest absolute Gasteiger partial charge is 0.463 e. The minimum atomic E-state index is -6.17. The number of nitrogens with two attached hydrogens (primary N) is 1. The Kier molecular flexibility index (Phi) is 4.59. The molecule has 0 bridgehead atoms. The van der Waals surface area contributed by atoms with Gasteiger partial charge in [0.25, 0.3) is 0 Å². The van der Waals surface area contributed by atoms with Crippen LogP contribution < -0.4 is 11.1 Å². The Hall–Kier alpha value is -1.94. The molecule has 1 atom stereocenters. The summed E-state index contributed by atoms with van der Waals surface area (Å²) in [6.45, 7) is 0. The van der Waals surface area contributed by atoms with Crippen LogP contribution in [0.5, 0.6) is 0 Å². The third-order valence-electron chi connectivity index (χ3n) is 1.65. The van der Waals surface area contributed by atoms with Gasteiger partial charge in [0.15, 0.2) is 0 Å². The molecule has 4 N–H and O–H groups in total.